The highest BCUT2D eigenvalue weighted by Gasteiger charge is 2.51. The summed E-state index contributed by atoms with van der Waals surface area (Å²) in [7, 11) is 0. The first-order valence-electron chi connectivity index (χ1n) is 5.36. The van der Waals surface area contributed by atoms with Crippen molar-refractivity contribution in [3.63, 3.8) is 0 Å². The Morgan fingerprint density at radius 3 is 1.64 bits per heavy atom. The summed E-state index contributed by atoms with van der Waals surface area (Å²) >= 11 is 0. The molecule has 0 aromatic heterocycles. The fraction of sp³-hybridized carbons (Fsp3) is 0.167. The number of aliphatic hydroxyl groups is 1. The van der Waals surface area contributed by atoms with Gasteiger partial charge in [0, 0.05) is 0 Å². The fourth-order valence-electron chi connectivity index (χ4n) is 1.90. The van der Waals surface area contributed by atoms with Gasteiger partial charge in [0.05, 0.1) is 5.56 Å². The number of allylic oxidation sites excluding steroid dienone is 2. The van der Waals surface area contributed by atoms with Crippen molar-refractivity contribution in [3.05, 3.63) is 58.2 Å². The SMILES string of the molecule is OC1(c2c(F)c(F)c(F)c(F)c2F)C=C(F)C(F)=C(F)C1F. The summed E-state index contributed by atoms with van der Waals surface area (Å²) in [5.41, 5.74) is -6.21. The molecule has 2 atom stereocenters. The van der Waals surface area contributed by atoms with Crippen molar-refractivity contribution >= 4 is 0 Å². The van der Waals surface area contributed by atoms with Gasteiger partial charge in [0.25, 0.3) is 0 Å². The van der Waals surface area contributed by atoms with Gasteiger partial charge in [0.2, 0.25) is 5.82 Å². The van der Waals surface area contributed by atoms with Gasteiger partial charge in [0.1, 0.15) is 0 Å². The zero-order valence-electron chi connectivity index (χ0n) is 10.0. The molecular formula is C12H3F9O. The van der Waals surface area contributed by atoms with Gasteiger partial charge in [-0.25, -0.2) is 39.5 Å². The maximum atomic E-state index is 13.7. The third-order valence-corrected chi connectivity index (χ3v) is 2.99. The first-order valence-corrected chi connectivity index (χ1v) is 5.36. The van der Waals surface area contributed by atoms with Crippen LogP contribution in [0.1, 0.15) is 5.56 Å². The second kappa shape index (κ2) is 5.04. The van der Waals surface area contributed by atoms with Crippen molar-refractivity contribution in [2.24, 2.45) is 0 Å². The lowest BCUT2D eigenvalue weighted by Gasteiger charge is -2.31. The highest BCUT2D eigenvalue weighted by atomic mass is 19.2. The van der Waals surface area contributed by atoms with E-state index in [-0.39, 0.29) is 0 Å². The van der Waals surface area contributed by atoms with Gasteiger partial charge in [-0.15, -0.1) is 0 Å². The van der Waals surface area contributed by atoms with Crippen LogP contribution in [-0.2, 0) is 5.60 Å². The number of alkyl halides is 1. The molecule has 1 N–H and O–H groups in total. The monoisotopic (exact) mass is 334 g/mol. The molecule has 1 aliphatic rings. The molecule has 120 valence electrons. The summed E-state index contributed by atoms with van der Waals surface area (Å²) in [5, 5.41) is 9.70. The summed E-state index contributed by atoms with van der Waals surface area (Å²) < 4.78 is 119. The van der Waals surface area contributed by atoms with E-state index in [2.05, 4.69) is 0 Å². The highest BCUT2D eigenvalue weighted by Crippen LogP contribution is 2.44. The molecule has 0 radical (unpaired) electrons. The maximum absolute atomic E-state index is 13.7. The Kier molecular flexibility index (Phi) is 3.76. The molecule has 0 saturated carbocycles. The zero-order valence-corrected chi connectivity index (χ0v) is 10.0. The molecule has 1 nitrogen and oxygen atoms in total. The molecule has 22 heavy (non-hydrogen) atoms. The molecule has 2 rings (SSSR count). The number of halogens is 9. The number of hydrogen-bond acceptors (Lipinski definition) is 1. The minimum atomic E-state index is -3.96. The smallest absolute Gasteiger partial charge is 0.200 e. The molecule has 0 aliphatic heterocycles. The Bertz CT molecular complexity index is 695. The first kappa shape index (κ1) is 16.4. The molecule has 0 saturated heterocycles. The topological polar surface area (TPSA) is 20.2 Å². The third kappa shape index (κ3) is 2.01. The molecule has 10 heteroatoms. The summed E-state index contributed by atoms with van der Waals surface area (Å²) in [6, 6.07) is 0. The molecule has 1 aromatic carbocycles. The van der Waals surface area contributed by atoms with Crippen molar-refractivity contribution in [2.75, 3.05) is 0 Å². The number of rotatable bonds is 1. The highest BCUT2D eigenvalue weighted by molar-refractivity contribution is 5.43. The van der Waals surface area contributed by atoms with E-state index in [1.54, 1.807) is 0 Å². The van der Waals surface area contributed by atoms with Crippen molar-refractivity contribution < 1.29 is 44.6 Å². The number of hydrogen-bond donors (Lipinski definition) is 1. The van der Waals surface area contributed by atoms with Crippen LogP contribution in [0, 0.1) is 29.1 Å². The van der Waals surface area contributed by atoms with Crippen LogP contribution >= 0.6 is 0 Å². The van der Waals surface area contributed by atoms with E-state index in [1.807, 2.05) is 0 Å². The minimum absolute atomic E-state index is 0.519. The zero-order chi connectivity index (χ0) is 17.0. The standard InChI is InChI=1S/C12H3F9O/c13-2-1-12(22,11(21)10(20)4(2)14)3-5(15)7(17)9(19)8(18)6(3)16/h1,11,22H. The molecule has 1 aliphatic carbocycles. The molecule has 0 amide bonds. The van der Waals surface area contributed by atoms with Gasteiger partial charge in [-0.1, -0.05) is 0 Å². The predicted molar refractivity (Wildman–Crippen MR) is 53.5 cm³/mol. The second-order valence-corrected chi connectivity index (χ2v) is 4.29. The Morgan fingerprint density at radius 1 is 0.773 bits per heavy atom. The summed E-state index contributed by atoms with van der Waals surface area (Å²) in [4.78, 5) is 0. The van der Waals surface area contributed by atoms with E-state index in [4.69, 9.17) is 0 Å². The van der Waals surface area contributed by atoms with E-state index in [9.17, 15) is 44.6 Å². The normalized spacial score (nSPS) is 25.5. The predicted octanol–water partition coefficient (Wildman–Crippen LogP) is 3.93. The quantitative estimate of drug-likeness (QED) is 0.469. The van der Waals surface area contributed by atoms with Crippen LogP contribution < -0.4 is 0 Å². The van der Waals surface area contributed by atoms with Crippen LogP contribution in [0.2, 0.25) is 0 Å². The lowest BCUT2D eigenvalue weighted by Crippen LogP contribution is -2.40. The molecule has 0 spiro atoms. The van der Waals surface area contributed by atoms with Gasteiger partial charge in [-0.2, -0.15) is 0 Å². The van der Waals surface area contributed by atoms with E-state index >= 15 is 0 Å². The van der Waals surface area contributed by atoms with E-state index < -0.39 is 70.0 Å². The Labute approximate surface area is 116 Å². The first-order chi connectivity index (χ1) is 10.0. The molecular weight excluding hydrogens is 331 g/mol. The fourth-order valence-corrected chi connectivity index (χ4v) is 1.90. The molecule has 2 unspecified atom stereocenters. The minimum Gasteiger partial charge on any atom is -0.377 e. The number of benzene rings is 1. The van der Waals surface area contributed by atoms with Crippen molar-refractivity contribution in [3.8, 4) is 0 Å². The summed E-state index contributed by atoms with van der Waals surface area (Å²) in [6.45, 7) is 0. The lowest BCUT2D eigenvalue weighted by atomic mass is 9.83. The molecule has 0 bridgehead atoms. The van der Waals surface area contributed by atoms with E-state index in [1.165, 1.54) is 0 Å². The second-order valence-electron chi connectivity index (χ2n) is 4.29. The van der Waals surface area contributed by atoms with Gasteiger partial charge in [0.15, 0.2) is 52.5 Å². The van der Waals surface area contributed by atoms with Crippen molar-refractivity contribution in [2.45, 2.75) is 11.8 Å². The maximum Gasteiger partial charge on any atom is 0.200 e. The Hall–Kier alpha value is -1.97. The lowest BCUT2D eigenvalue weighted by molar-refractivity contribution is -0.00407. The average Bonchev–Trinajstić information content (AvgIpc) is 2.47. The van der Waals surface area contributed by atoms with Crippen LogP contribution in [0.5, 0.6) is 0 Å². The average molecular weight is 334 g/mol. The van der Waals surface area contributed by atoms with Gasteiger partial charge < -0.3 is 5.11 Å². The van der Waals surface area contributed by atoms with Crippen LogP contribution in [0.15, 0.2) is 23.6 Å². The van der Waals surface area contributed by atoms with Crippen LogP contribution in [0.4, 0.5) is 39.5 Å². The van der Waals surface area contributed by atoms with Crippen LogP contribution in [-0.4, -0.2) is 11.3 Å². The largest absolute Gasteiger partial charge is 0.377 e. The summed E-state index contributed by atoms with van der Waals surface area (Å²) in [6.07, 6.45) is -4.14. The molecule has 0 fully saturated rings. The van der Waals surface area contributed by atoms with Crippen molar-refractivity contribution in [1.82, 2.24) is 0 Å². The Morgan fingerprint density at radius 2 is 1.18 bits per heavy atom. The van der Waals surface area contributed by atoms with Crippen molar-refractivity contribution in [1.29, 1.82) is 0 Å². The third-order valence-electron chi connectivity index (χ3n) is 2.99. The van der Waals surface area contributed by atoms with E-state index in [0.29, 0.717) is 0 Å². The van der Waals surface area contributed by atoms with E-state index in [0.717, 1.165) is 0 Å². The van der Waals surface area contributed by atoms with Gasteiger partial charge >= 0.3 is 0 Å². The molecule has 0 heterocycles. The molecule has 1 aromatic rings. The summed E-state index contributed by atoms with van der Waals surface area (Å²) in [5.74, 6) is -20.4. The van der Waals surface area contributed by atoms with Crippen LogP contribution in [0.3, 0.4) is 0 Å². The Balaban J connectivity index is 2.83. The van der Waals surface area contributed by atoms with Gasteiger partial charge in [-0.3, -0.25) is 0 Å². The van der Waals surface area contributed by atoms with Gasteiger partial charge in [-0.05, 0) is 6.08 Å². The van der Waals surface area contributed by atoms with Crippen LogP contribution in [0.25, 0.3) is 0 Å².